The highest BCUT2D eigenvalue weighted by atomic mass is 14.8. The van der Waals surface area contributed by atoms with Gasteiger partial charge in [-0.2, -0.15) is 0 Å². The maximum Gasteiger partial charge on any atom is 0.145 e. The molecular formula is C9H7N2. The summed E-state index contributed by atoms with van der Waals surface area (Å²) in [7, 11) is 0. The Morgan fingerprint density at radius 1 is 1.09 bits per heavy atom. The van der Waals surface area contributed by atoms with Crippen molar-refractivity contribution in [1.29, 1.82) is 0 Å². The first-order chi connectivity index (χ1) is 5.36. The van der Waals surface area contributed by atoms with Crippen molar-refractivity contribution in [1.82, 2.24) is 10.7 Å². The van der Waals surface area contributed by atoms with Gasteiger partial charge in [-0.3, -0.25) is 5.73 Å². The number of rotatable bonds is 0. The Bertz CT molecular complexity index is 382. The third kappa shape index (κ3) is 1.03. The fourth-order valence-corrected chi connectivity index (χ4v) is 1.08. The third-order valence-corrected chi connectivity index (χ3v) is 1.63. The molecule has 53 valence electrons. The molecule has 0 saturated heterocycles. The van der Waals surface area contributed by atoms with Gasteiger partial charge in [0.25, 0.3) is 0 Å². The predicted octanol–water partition coefficient (Wildman–Crippen LogP) is 2.15. The van der Waals surface area contributed by atoms with Crippen molar-refractivity contribution in [2.24, 2.45) is 0 Å². The zero-order valence-electron chi connectivity index (χ0n) is 5.91. The Labute approximate surface area is 64.7 Å². The lowest BCUT2D eigenvalue weighted by Gasteiger charge is -1.95. The molecular weight excluding hydrogens is 136 g/mol. The second-order valence-corrected chi connectivity index (χ2v) is 2.42. The van der Waals surface area contributed by atoms with Crippen LogP contribution in [0.2, 0.25) is 0 Å². The van der Waals surface area contributed by atoms with Gasteiger partial charge >= 0.3 is 0 Å². The van der Waals surface area contributed by atoms with E-state index >= 15 is 0 Å². The standard InChI is InChI=1S/C9H7N2/c10-9-5-7-3-1-2-4-8(7)6-11-9/h1-6,10H. The van der Waals surface area contributed by atoms with Gasteiger partial charge in [-0.25, -0.2) is 4.98 Å². The maximum absolute atomic E-state index is 7.27. The van der Waals surface area contributed by atoms with Crippen LogP contribution in [0, 0.1) is 0 Å². The molecule has 2 heteroatoms. The van der Waals surface area contributed by atoms with Gasteiger partial charge in [-0.05, 0) is 11.5 Å². The van der Waals surface area contributed by atoms with Crippen LogP contribution < -0.4 is 5.73 Å². The third-order valence-electron chi connectivity index (χ3n) is 1.63. The summed E-state index contributed by atoms with van der Waals surface area (Å²) in [6, 6.07) is 9.65. The summed E-state index contributed by atoms with van der Waals surface area (Å²) in [5.74, 6) is 0.323. The molecule has 0 aliphatic carbocycles. The van der Waals surface area contributed by atoms with Crippen molar-refractivity contribution in [2.75, 3.05) is 0 Å². The van der Waals surface area contributed by atoms with Crippen LogP contribution in [-0.2, 0) is 0 Å². The maximum atomic E-state index is 7.27. The Kier molecular flexibility index (Phi) is 1.25. The Morgan fingerprint density at radius 3 is 2.64 bits per heavy atom. The van der Waals surface area contributed by atoms with Crippen molar-refractivity contribution >= 4 is 16.6 Å². The number of hydrogen-bond donors (Lipinski definition) is 0. The molecule has 0 saturated carbocycles. The molecule has 2 nitrogen and oxygen atoms in total. The number of aromatic nitrogens is 1. The highest BCUT2D eigenvalue weighted by Gasteiger charge is 1.91. The minimum Gasteiger partial charge on any atom is -0.283 e. The normalized spacial score (nSPS) is 10.2. The van der Waals surface area contributed by atoms with Gasteiger partial charge < -0.3 is 0 Å². The lowest BCUT2D eigenvalue weighted by molar-refractivity contribution is 1.28. The molecule has 0 fully saturated rings. The minimum absolute atomic E-state index is 0.323. The number of nitrogens with one attached hydrogen (secondary N) is 1. The van der Waals surface area contributed by atoms with E-state index in [1.54, 1.807) is 12.3 Å². The summed E-state index contributed by atoms with van der Waals surface area (Å²) < 4.78 is 0. The first-order valence-electron chi connectivity index (χ1n) is 3.43. The molecule has 0 atom stereocenters. The predicted molar refractivity (Wildman–Crippen MR) is 44.5 cm³/mol. The molecule has 0 aliphatic heterocycles. The zero-order valence-corrected chi connectivity index (χ0v) is 5.91. The molecule has 1 heterocycles. The van der Waals surface area contributed by atoms with Gasteiger partial charge in [-0.1, -0.05) is 24.3 Å². The number of pyridine rings is 1. The van der Waals surface area contributed by atoms with E-state index in [4.69, 9.17) is 5.73 Å². The molecule has 2 rings (SSSR count). The lowest BCUT2D eigenvalue weighted by Crippen LogP contribution is -1.77. The summed E-state index contributed by atoms with van der Waals surface area (Å²) in [4.78, 5) is 3.87. The molecule has 0 unspecified atom stereocenters. The van der Waals surface area contributed by atoms with E-state index in [9.17, 15) is 0 Å². The van der Waals surface area contributed by atoms with Crippen molar-refractivity contribution in [3.8, 4) is 0 Å². The average Bonchev–Trinajstić information content (AvgIpc) is 2.04. The second-order valence-electron chi connectivity index (χ2n) is 2.42. The van der Waals surface area contributed by atoms with Crippen LogP contribution in [0.1, 0.15) is 0 Å². The van der Waals surface area contributed by atoms with E-state index in [0.717, 1.165) is 10.8 Å². The molecule has 0 bridgehead atoms. The summed E-state index contributed by atoms with van der Waals surface area (Å²) in [6.45, 7) is 0. The molecule has 0 aliphatic rings. The van der Waals surface area contributed by atoms with Crippen LogP contribution in [0.15, 0.2) is 36.5 Å². The van der Waals surface area contributed by atoms with E-state index in [-0.39, 0.29) is 0 Å². The number of benzene rings is 1. The van der Waals surface area contributed by atoms with Crippen molar-refractivity contribution in [3.63, 3.8) is 0 Å². The van der Waals surface area contributed by atoms with E-state index in [1.807, 2.05) is 24.3 Å². The van der Waals surface area contributed by atoms with Crippen LogP contribution in [0.4, 0.5) is 5.82 Å². The molecule has 1 aromatic carbocycles. The SMILES string of the molecule is [NH]c1cc2ccccc2cn1. The quantitative estimate of drug-likeness (QED) is 0.556. The fraction of sp³-hybridized carbons (Fsp3) is 0. The highest BCUT2D eigenvalue weighted by molar-refractivity contribution is 5.83. The number of hydrogen-bond acceptors (Lipinski definition) is 1. The Balaban J connectivity index is 2.83. The molecule has 1 radical (unpaired) electrons. The van der Waals surface area contributed by atoms with E-state index in [1.165, 1.54) is 0 Å². The van der Waals surface area contributed by atoms with Crippen LogP contribution in [0.3, 0.4) is 0 Å². The molecule has 2 aromatic rings. The van der Waals surface area contributed by atoms with Gasteiger partial charge in [-0.15, -0.1) is 0 Å². The Hall–Kier alpha value is -1.57. The topological polar surface area (TPSA) is 36.7 Å². The van der Waals surface area contributed by atoms with Crippen LogP contribution in [0.5, 0.6) is 0 Å². The molecule has 1 N–H and O–H groups in total. The lowest BCUT2D eigenvalue weighted by atomic mass is 10.2. The number of nitrogens with zero attached hydrogens (tertiary/aromatic N) is 1. The molecule has 11 heavy (non-hydrogen) atoms. The monoisotopic (exact) mass is 143 g/mol. The van der Waals surface area contributed by atoms with Gasteiger partial charge in [0.1, 0.15) is 5.82 Å². The van der Waals surface area contributed by atoms with Crippen LogP contribution >= 0.6 is 0 Å². The van der Waals surface area contributed by atoms with Crippen LogP contribution in [-0.4, -0.2) is 4.98 Å². The van der Waals surface area contributed by atoms with E-state index in [0.29, 0.717) is 5.82 Å². The smallest absolute Gasteiger partial charge is 0.145 e. The van der Waals surface area contributed by atoms with Crippen molar-refractivity contribution < 1.29 is 0 Å². The number of fused-ring (bicyclic) bond motifs is 1. The first-order valence-corrected chi connectivity index (χ1v) is 3.43. The zero-order chi connectivity index (χ0) is 7.68. The largest absolute Gasteiger partial charge is 0.283 e. The second kappa shape index (κ2) is 2.23. The molecule has 1 aromatic heterocycles. The van der Waals surface area contributed by atoms with Crippen molar-refractivity contribution in [3.05, 3.63) is 36.5 Å². The van der Waals surface area contributed by atoms with Gasteiger partial charge in [0.2, 0.25) is 0 Å². The Morgan fingerprint density at radius 2 is 1.82 bits per heavy atom. The fourth-order valence-electron chi connectivity index (χ4n) is 1.08. The molecule has 0 amide bonds. The minimum atomic E-state index is 0.323. The van der Waals surface area contributed by atoms with E-state index in [2.05, 4.69) is 4.98 Å². The highest BCUT2D eigenvalue weighted by Crippen LogP contribution is 2.14. The summed E-state index contributed by atoms with van der Waals surface area (Å²) in [5.41, 5.74) is 7.27. The van der Waals surface area contributed by atoms with Gasteiger partial charge in [0.05, 0.1) is 0 Å². The molecule has 0 spiro atoms. The van der Waals surface area contributed by atoms with Gasteiger partial charge in [0, 0.05) is 11.6 Å². The van der Waals surface area contributed by atoms with Crippen LogP contribution in [0.25, 0.3) is 10.8 Å². The summed E-state index contributed by atoms with van der Waals surface area (Å²) in [6.07, 6.45) is 1.72. The van der Waals surface area contributed by atoms with Crippen molar-refractivity contribution in [2.45, 2.75) is 0 Å². The first kappa shape index (κ1) is 6.16. The van der Waals surface area contributed by atoms with Gasteiger partial charge in [0.15, 0.2) is 0 Å². The summed E-state index contributed by atoms with van der Waals surface area (Å²) in [5, 5.41) is 2.16. The van der Waals surface area contributed by atoms with E-state index < -0.39 is 0 Å². The average molecular weight is 143 g/mol. The summed E-state index contributed by atoms with van der Waals surface area (Å²) >= 11 is 0.